The second kappa shape index (κ2) is 10.9. The monoisotopic (exact) mass is 494 g/mol. The maximum Gasteiger partial charge on any atom is 0.243 e. The van der Waals surface area contributed by atoms with Gasteiger partial charge in [-0.25, -0.2) is 5.48 Å². The van der Waals surface area contributed by atoms with Crippen molar-refractivity contribution in [2.75, 3.05) is 6.54 Å². The van der Waals surface area contributed by atoms with Crippen molar-refractivity contribution in [3.8, 4) is 0 Å². The largest absolute Gasteiger partial charge is 0.393 e. The molecule has 0 bridgehead atoms. The molecule has 35 heavy (non-hydrogen) atoms. The molecule has 1 unspecified atom stereocenters. The lowest BCUT2D eigenvalue weighted by Crippen LogP contribution is -2.58. The van der Waals surface area contributed by atoms with Crippen molar-refractivity contribution in [2.45, 2.75) is 116 Å². The highest BCUT2D eigenvalue weighted by Crippen LogP contribution is 2.68. The zero-order valence-electron chi connectivity index (χ0n) is 22.1. The Kier molecular flexibility index (Phi) is 8.54. The lowest BCUT2D eigenvalue weighted by atomic mass is 9.43. The van der Waals surface area contributed by atoms with Crippen LogP contribution in [0.4, 0.5) is 0 Å². The quantitative estimate of drug-likeness (QED) is 0.126. The molecule has 11 atom stereocenters. The maximum absolute atomic E-state index is 11.4. The van der Waals surface area contributed by atoms with Crippen molar-refractivity contribution in [1.82, 2.24) is 10.8 Å². The molecule has 0 aromatic heterocycles. The number of aliphatic hydroxyl groups excluding tert-OH is 3. The van der Waals surface area contributed by atoms with E-state index in [1.807, 2.05) is 0 Å². The Labute approximate surface area is 211 Å². The summed E-state index contributed by atoms with van der Waals surface area (Å²) in [6, 6.07) is 0. The van der Waals surface area contributed by atoms with Gasteiger partial charge < -0.3 is 15.3 Å². The summed E-state index contributed by atoms with van der Waals surface area (Å²) in [6.45, 7) is 7.86. The van der Waals surface area contributed by atoms with E-state index >= 15 is 0 Å². The van der Waals surface area contributed by atoms with Gasteiger partial charge >= 0.3 is 0 Å². The summed E-state index contributed by atoms with van der Waals surface area (Å²) < 4.78 is 0. The highest BCUT2D eigenvalue weighted by Gasteiger charge is 2.62. The van der Waals surface area contributed by atoms with Crippen LogP contribution in [0.5, 0.6) is 0 Å². The molecule has 4 aliphatic carbocycles. The SMILES string of the molecule is C[C@H](CCC(O)NCCCC(=O)NO)[C@H]1CC[C@H]2[C@@H]3[C@@H](O)C[C@@H]4C[C@H](O)CC[C@]4(C)[C@H]3CC[C@]12C. The van der Waals surface area contributed by atoms with Crippen LogP contribution < -0.4 is 10.8 Å². The number of nitrogens with one attached hydrogen (secondary N) is 2. The molecule has 4 aliphatic rings. The van der Waals surface area contributed by atoms with Crippen molar-refractivity contribution in [2.24, 2.45) is 46.3 Å². The molecule has 0 aromatic rings. The van der Waals surface area contributed by atoms with Gasteiger partial charge in [-0.05, 0) is 124 Å². The summed E-state index contributed by atoms with van der Waals surface area (Å²) in [7, 11) is 0. The van der Waals surface area contributed by atoms with Crippen LogP contribution >= 0.6 is 0 Å². The Balaban J connectivity index is 1.33. The minimum atomic E-state index is -0.575. The van der Waals surface area contributed by atoms with Crippen LogP contribution in [-0.4, -0.2) is 51.4 Å². The second-order valence-electron chi connectivity index (χ2n) is 13.1. The van der Waals surface area contributed by atoms with E-state index in [9.17, 15) is 20.1 Å². The Hall–Kier alpha value is -0.730. The molecule has 6 N–H and O–H groups in total. The van der Waals surface area contributed by atoms with Gasteiger partial charge in [-0.2, -0.15) is 0 Å². The number of hydroxylamine groups is 1. The molecule has 7 heteroatoms. The van der Waals surface area contributed by atoms with Crippen molar-refractivity contribution >= 4 is 5.91 Å². The molecule has 0 aliphatic heterocycles. The first-order valence-electron chi connectivity index (χ1n) is 14.3. The van der Waals surface area contributed by atoms with Gasteiger partial charge in [0.15, 0.2) is 0 Å². The lowest BCUT2D eigenvalue weighted by Gasteiger charge is -2.62. The highest BCUT2D eigenvalue weighted by molar-refractivity contribution is 5.74. The summed E-state index contributed by atoms with van der Waals surface area (Å²) in [5.41, 5.74) is 2.16. The summed E-state index contributed by atoms with van der Waals surface area (Å²) in [4.78, 5) is 11.1. The van der Waals surface area contributed by atoms with Gasteiger partial charge in [0.05, 0.1) is 12.2 Å². The van der Waals surface area contributed by atoms with Crippen LogP contribution in [0, 0.1) is 46.3 Å². The van der Waals surface area contributed by atoms with Crippen LogP contribution in [0.2, 0.25) is 0 Å². The van der Waals surface area contributed by atoms with E-state index in [-0.39, 0.29) is 29.5 Å². The summed E-state index contributed by atoms with van der Waals surface area (Å²) in [5, 5.41) is 43.7. The van der Waals surface area contributed by atoms with E-state index in [0.717, 1.165) is 32.1 Å². The highest BCUT2D eigenvalue weighted by atomic mass is 16.5. The first-order chi connectivity index (χ1) is 16.6. The van der Waals surface area contributed by atoms with Crippen molar-refractivity contribution in [3.05, 3.63) is 0 Å². The molecule has 0 radical (unpaired) electrons. The van der Waals surface area contributed by atoms with E-state index in [1.165, 1.54) is 25.7 Å². The molecule has 0 saturated heterocycles. The smallest absolute Gasteiger partial charge is 0.243 e. The van der Waals surface area contributed by atoms with Gasteiger partial charge in [-0.3, -0.25) is 15.3 Å². The molecular weight excluding hydrogens is 444 g/mol. The van der Waals surface area contributed by atoms with E-state index in [2.05, 4.69) is 26.1 Å². The van der Waals surface area contributed by atoms with E-state index in [0.29, 0.717) is 54.9 Å². The predicted molar refractivity (Wildman–Crippen MR) is 134 cm³/mol. The number of fused-ring (bicyclic) bond motifs is 5. The van der Waals surface area contributed by atoms with Gasteiger partial charge in [0, 0.05) is 6.42 Å². The van der Waals surface area contributed by atoms with Gasteiger partial charge in [-0.1, -0.05) is 20.8 Å². The van der Waals surface area contributed by atoms with Gasteiger partial charge in [0.1, 0.15) is 6.23 Å². The predicted octanol–water partition coefficient (Wildman–Crippen LogP) is 3.59. The second-order valence-corrected chi connectivity index (χ2v) is 13.1. The van der Waals surface area contributed by atoms with Crippen LogP contribution in [0.25, 0.3) is 0 Å². The third-order valence-electron chi connectivity index (χ3n) is 11.4. The van der Waals surface area contributed by atoms with Crippen LogP contribution in [0.3, 0.4) is 0 Å². The van der Waals surface area contributed by atoms with Crippen molar-refractivity contribution in [3.63, 3.8) is 0 Å². The van der Waals surface area contributed by atoms with Gasteiger partial charge in [0.2, 0.25) is 5.91 Å². The summed E-state index contributed by atoms with van der Waals surface area (Å²) in [6.07, 6.45) is 10.1. The van der Waals surface area contributed by atoms with Crippen LogP contribution in [0.1, 0.15) is 97.8 Å². The van der Waals surface area contributed by atoms with E-state index < -0.39 is 12.1 Å². The Morgan fingerprint density at radius 2 is 1.71 bits per heavy atom. The molecule has 0 spiro atoms. The molecule has 0 aromatic carbocycles. The molecule has 202 valence electrons. The standard InChI is InChI=1S/C28H50N2O5/c1-17(6-9-24(33)29-14-4-5-25(34)30-35)20-7-8-21-26-22(11-13-28(20,21)3)27(2)12-10-19(31)15-18(27)16-23(26)32/h17-24,26,29,31-33,35H,4-16H2,1-3H3,(H,30,34)/t17-,18+,19-,20-,21+,22+,23+,24?,26+,27+,28-/m1/s1. The van der Waals surface area contributed by atoms with Crippen molar-refractivity contribution < 1.29 is 25.3 Å². The number of amides is 1. The normalized spacial score (nSPS) is 44.6. The topological polar surface area (TPSA) is 122 Å². The third-order valence-corrected chi connectivity index (χ3v) is 11.4. The summed E-state index contributed by atoms with van der Waals surface area (Å²) in [5.74, 6) is 2.75. The summed E-state index contributed by atoms with van der Waals surface area (Å²) >= 11 is 0. The molecule has 4 saturated carbocycles. The van der Waals surface area contributed by atoms with E-state index in [1.54, 1.807) is 5.48 Å². The Bertz CT molecular complexity index is 736. The zero-order valence-corrected chi connectivity index (χ0v) is 22.1. The number of hydrogen-bond donors (Lipinski definition) is 6. The lowest BCUT2D eigenvalue weighted by molar-refractivity contribution is -0.174. The Morgan fingerprint density at radius 3 is 2.46 bits per heavy atom. The minimum absolute atomic E-state index is 0.188. The minimum Gasteiger partial charge on any atom is -0.393 e. The number of hydrogen-bond acceptors (Lipinski definition) is 6. The molecule has 1 amide bonds. The third kappa shape index (κ3) is 5.31. The number of carbonyl (C=O) groups is 1. The fourth-order valence-corrected chi connectivity index (χ4v) is 9.47. The number of aliphatic hydroxyl groups is 3. The number of rotatable bonds is 9. The molecular formula is C28H50N2O5. The van der Waals surface area contributed by atoms with E-state index in [4.69, 9.17) is 5.21 Å². The van der Waals surface area contributed by atoms with Gasteiger partial charge in [-0.15, -0.1) is 0 Å². The molecule has 4 rings (SSSR count). The zero-order chi connectivity index (χ0) is 25.4. The fraction of sp³-hybridized carbons (Fsp3) is 0.964. The first-order valence-corrected chi connectivity index (χ1v) is 14.3. The van der Waals surface area contributed by atoms with Gasteiger partial charge in [0.25, 0.3) is 0 Å². The molecule has 7 nitrogen and oxygen atoms in total. The van der Waals surface area contributed by atoms with Crippen molar-refractivity contribution in [1.29, 1.82) is 0 Å². The molecule has 0 heterocycles. The first kappa shape index (κ1) is 27.3. The average Bonchev–Trinajstić information content (AvgIpc) is 3.18. The Morgan fingerprint density at radius 1 is 1.00 bits per heavy atom. The van der Waals surface area contributed by atoms with Crippen LogP contribution in [0.15, 0.2) is 0 Å². The fourth-order valence-electron chi connectivity index (χ4n) is 9.47. The maximum atomic E-state index is 11.4. The molecule has 4 fully saturated rings. The average molecular weight is 495 g/mol. The number of carbonyl (C=O) groups excluding carboxylic acids is 1. The van der Waals surface area contributed by atoms with Crippen LogP contribution in [-0.2, 0) is 4.79 Å².